The van der Waals surface area contributed by atoms with Gasteiger partial charge in [-0.15, -0.1) is 11.3 Å². The van der Waals surface area contributed by atoms with Crippen molar-refractivity contribution in [3.63, 3.8) is 0 Å². The van der Waals surface area contributed by atoms with E-state index in [0.29, 0.717) is 12.0 Å². The molecule has 3 aromatic heterocycles. The van der Waals surface area contributed by atoms with Crippen LogP contribution < -0.4 is 10.6 Å². The molecule has 1 saturated heterocycles. The fourth-order valence-corrected chi connectivity index (χ4v) is 3.84. The number of rotatable bonds is 3. The molecule has 3 aromatic rings. The molecule has 7 nitrogen and oxygen atoms in total. The molecule has 0 aromatic carbocycles. The topological polar surface area (TPSA) is 84.1 Å². The monoisotopic (exact) mass is 341 g/mol. The zero-order valence-corrected chi connectivity index (χ0v) is 14.3. The van der Waals surface area contributed by atoms with E-state index < -0.39 is 0 Å². The number of anilines is 2. The van der Waals surface area contributed by atoms with Crippen molar-refractivity contribution < 1.29 is 0 Å². The average Bonchev–Trinajstić information content (AvgIpc) is 3.03. The molecule has 0 aliphatic carbocycles. The Morgan fingerprint density at radius 1 is 1.25 bits per heavy atom. The second kappa shape index (κ2) is 6.29. The molecule has 4 heterocycles. The van der Waals surface area contributed by atoms with E-state index in [1.54, 1.807) is 5.51 Å². The van der Waals surface area contributed by atoms with Crippen LogP contribution in [0, 0.1) is 0 Å². The van der Waals surface area contributed by atoms with Crippen LogP contribution in [-0.4, -0.2) is 50.5 Å². The zero-order chi connectivity index (χ0) is 16.5. The molecule has 8 heteroatoms. The molecule has 24 heavy (non-hydrogen) atoms. The van der Waals surface area contributed by atoms with E-state index in [2.05, 4.69) is 42.7 Å². The van der Waals surface area contributed by atoms with Gasteiger partial charge in [0, 0.05) is 38.4 Å². The molecule has 0 saturated carbocycles. The largest absolute Gasteiger partial charge is 0.368 e. The summed E-state index contributed by atoms with van der Waals surface area (Å²) in [6.45, 7) is 5.87. The summed E-state index contributed by atoms with van der Waals surface area (Å²) in [5.41, 5.74) is 9.62. The predicted molar refractivity (Wildman–Crippen MR) is 95.9 cm³/mol. The van der Waals surface area contributed by atoms with Crippen molar-refractivity contribution in [3.05, 3.63) is 35.6 Å². The van der Waals surface area contributed by atoms with Crippen molar-refractivity contribution >= 4 is 33.5 Å². The third-order valence-electron chi connectivity index (χ3n) is 4.29. The predicted octanol–water partition coefficient (Wildman–Crippen LogP) is 1.77. The Kier molecular flexibility index (Phi) is 3.99. The normalized spacial score (nSPS) is 19.0. The lowest BCUT2D eigenvalue weighted by molar-refractivity contribution is 0.218. The molecule has 124 valence electrons. The van der Waals surface area contributed by atoms with E-state index in [-0.39, 0.29) is 0 Å². The van der Waals surface area contributed by atoms with Crippen LogP contribution >= 0.6 is 11.3 Å². The van der Waals surface area contributed by atoms with Gasteiger partial charge in [0.2, 0.25) is 5.95 Å². The van der Waals surface area contributed by atoms with E-state index in [1.165, 1.54) is 11.3 Å². The number of aromatic nitrogens is 4. The summed E-state index contributed by atoms with van der Waals surface area (Å²) in [6.07, 6.45) is 1.84. The molecule has 0 amide bonds. The number of fused-ring (bicyclic) bond motifs is 1. The minimum absolute atomic E-state index is 0.310. The number of pyridine rings is 1. The van der Waals surface area contributed by atoms with Crippen LogP contribution in [-0.2, 0) is 6.54 Å². The summed E-state index contributed by atoms with van der Waals surface area (Å²) in [4.78, 5) is 23.1. The maximum atomic E-state index is 5.88. The number of nitrogens with two attached hydrogens (primary N) is 1. The highest BCUT2D eigenvalue weighted by molar-refractivity contribution is 7.16. The lowest BCUT2D eigenvalue weighted by Gasteiger charge is -2.40. The fourth-order valence-electron chi connectivity index (χ4n) is 3.18. The molecule has 1 aliphatic heterocycles. The number of nitrogens with zero attached hydrogens (tertiary/aromatic N) is 6. The Labute approximate surface area is 144 Å². The SMILES string of the molecule is CC1CN(Cc2ccccn2)CCN1c1nc(N)nc2scnc12. The maximum absolute atomic E-state index is 5.88. The fraction of sp³-hybridized carbons (Fsp3) is 0.375. The third kappa shape index (κ3) is 2.90. The summed E-state index contributed by atoms with van der Waals surface area (Å²) < 4.78 is 0. The summed E-state index contributed by atoms with van der Waals surface area (Å²) in [5, 5.41) is 0. The van der Waals surface area contributed by atoms with Crippen molar-refractivity contribution in [2.45, 2.75) is 19.5 Å². The molecule has 0 spiro atoms. The molecule has 1 aliphatic rings. The number of hydrogen-bond donors (Lipinski definition) is 1. The number of thiazole rings is 1. The first kappa shape index (κ1) is 15.2. The molecule has 1 fully saturated rings. The van der Waals surface area contributed by atoms with Crippen LogP contribution in [0.25, 0.3) is 10.3 Å². The minimum atomic E-state index is 0.310. The van der Waals surface area contributed by atoms with Gasteiger partial charge in [0.25, 0.3) is 0 Å². The van der Waals surface area contributed by atoms with Gasteiger partial charge in [-0.1, -0.05) is 6.07 Å². The van der Waals surface area contributed by atoms with Gasteiger partial charge < -0.3 is 10.6 Å². The summed E-state index contributed by atoms with van der Waals surface area (Å²) >= 11 is 1.50. The zero-order valence-electron chi connectivity index (χ0n) is 13.5. The minimum Gasteiger partial charge on any atom is -0.368 e. The van der Waals surface area contributed by atoms with Crippen molar-refractivity contribution in [1.29, 1.82) is 0 Å². The first-order chi connectivity index (χ1) is 11.7. The van der Waals surface area contributed by atoms with Crippen LogP contribution in [0.3, 0.4) is 0 Å². The average molecular weight is 341 g/mol. The van der Waals surface area contributed by atoms with Gasteiger partial charge in [0.15, 0.2) is 10.6 Å². The number of hydrogen-bond acceptors (Lipinski definition) is 8. The van der Waals surface area contributed by atoms with Crippen LogP contribution in [0.2, 0.25) is 0 Å². The highest BCUT2D eigenvalue weighted by atomic mass is 32.1. The maximum Gasteiger partial charge on any atom is 0.223 e. The Hall–Kier alpha value is -2.32. The van der Waals surface area contributed by atoms with Crippen LogP contribution in [0.1, 0.15) is 12.6 Å². The van der Waals surface area contributed by atoms with Crippen molar-refractivity contribution in [1.82, 2.24) is 24.8 Å². The van der Waals surface area contributed by atoms with Crippen LogP contribution in [0.15, 0.2) is 29.9 Å². The first-order valence-electron chi connectivity index (χ1n) is 7.96. The van der Waals surface area contributed by atoms with Crippen LogP contribution in [0.5, 0.6) is 0 Å². The third-order valence-corrected chi connectivity index (χ3v) is 5.01. The van der Waals surface area contributed by atoms with Crippen LogP contribution in [0.4, 0.5) is 11.8 Å². The number of piperazine rings is 1. The lowest BCUT2D eigenvalue weighted by Crippen LogP contribution is -2.52. The summed E-state index contributed by atoms with van der Waals surface area (Å²) in [5.74, 6) is 1.16. The highest BCUT2D eigenvalue weighted by Gasteiger charge is 2.27. The summed E-state index contributed by atoms with van der Waals surface area (Å²) in [6, 6.07) is 6.37. The Morgan fingerprint density at radius 2 is 2.17 bits per heavy atom. The van der Waals surface area contributed by atoms with E-state index in [1.807, 2.05) is 18.3 Å². The molecule has 0 radical (unpaired) electrons. The second-order valence-corrected chi connectivity index (χ2v) is 6.84. The van der Waals surface area contributed by atoms with E-state index in [0.717, 1.165) is 48.0 Å². The highest BCUT2D eigenvalue weighted by Crippen LogP contribution is 2.28. The van der Waals surface area contributed by atoms with Gasteiger partial charge in [-0.05, 0) is 19.1 Å². The molecular formula is C16H19N7S. The van der Waals surface area contributed by atoms with Gasteiger partial charge in [0.1, 0.15) is 5.52 Å². The molecule has 1 atom stereocenters. The first-order valence-corrected chi connectivity index (χ1v) is 8.84. The van der Waals surface area contributed by atoms with Gasteiger partial charge in [-0.2, -0.15) is 4.98 Å². The van der Waals surface area contributed by atoms with Gasteiger partial charge in [0.05, 0.1) is 11.2 Å². The van der Waals surface area contributed by atoms with E-state index in [4.69, 9.17) is 5.73 Å². The smallest absolute Gasteiger partial charge is 0.223 e. The second-order valence-electron chi connectivity index (χ2n) is 6.01. The van der Waals surface area contributed by atoms with Gasteiger partial charge in [-0.3, -0.25) is 9.88 Å². The lowest BCUT2D eigenvalue weighted by atomic mass is 10.1. The van der Waals surface area contributed by atoms with Crippen molar-refractivity contribution in [2.75, 3.05) is 30.3 Å². The summed E-state index contributed by atoms with van der Waals surface area (Å²) in [7, 11) is 0. The quantitative estimate of drug-likeness (QED) is 0.777. The Bertz CT molecular complexity index is 835. The van der Waals surface area contributed by atoms with E-state index >= 15 is 0 Å². The van der Waals surface area contributed by atoms with Gasteiger partial charge in [-0.25, -0.2) is 9.97 Å². The Morgan fingerprint density at radius 3 is 2.96 bits per heavy atom. The molecular weight excluding hydrogens is 322 g/mol. The van der Waals surface area contributed by atoms with E-state index in [9.17, 15) is 0 Å². The van der Waals surface area contributed by atoms with Crippen molar-refractivity contribution in [2.24, 2.45) is 0 Å². The Balaban J connectivity index is 1.53. The molecule has 2 N–H and O–H groups in total. The van der Waals surface area contributed by atoms with Crippen molar-refractivity contribution in [3.8, 4) is 0 Å². The molecule has 0 bridgehead atoms. The van der Waals surface area contributed by atoms with Gasteiger partial charge >= 0.3 is 0 Å². The number of nitrogen functional groups attached to an aromatic ring is 1. The standard InChI is InChI=1S/C16H19N7S/c1-11-8-22(9-12-4-2-3-5-18-12)6-7-23(11)14-13-15(24-10-19-13)21-16(17)20-14/h2-5,10-11H,6-9H2,1H3,(H2,17,20,21). The molecule has 4 rings (SSSR count). The molecule has 1 unspecified atom stereocenters.